The van der Waals surface area contributed by atoms with Crippen LogP contribution in [-0.2, 0) is 9.53 Å². The Hall–Kier alpha value is -2.68. The molecule has 3 heterocycles. The quantitative estimate of drug-likeness (QED) is 0.450. The molecular weight excluding hydrogens is 316 g/mol. The van der Waals surface area contributed by atoms with Crippen molar-refractivity contribution in [2.24, 2.45) is 0 Å². The van der Waals surface area contributed by atoms with Crippen molar-refractivity contribution in [2.45, 2.75) is 12.1 Å². The van der Waals surface area contributed by atoms with E-state index >= 15 is 0 Å². The summed E-state index contributed by atoms with van der Waals surface area (Å²) in [6, 6.07) is 7.85. The predicted octanol–water partition coefficient (Wildman–Crippen LogP) is 1.81. The minimum Gasteiger partial charge on any atom is -0.465 e. The number of nitrogens with zero attached hydrogens (tertiary/aromatic N) is 5. The lowest BCUT2D eigenvalue weighted by molar-refractivity contribution is -0.139. The molecule has 8 nitrogen and oxygen atoms in total. The standard InChI is InChI=1S/C14H12N6O2S/c1-2-22-10(21)7-23-14-19-18-13-17-16-11-8-5-3-4-6-9(8)15-12(11)20(13)14/h3-6,15H,2,7H2,1H3. The normalized spacial score (nSPS) is 11.5. The average molecular weight is 328 g/mol. The number of carbonyl (C=O) groups excluding carboxylic acids is 1. The van der Waals surface area contributed by atoms with Crippen LogP contribution < -0.4 is 0 Å². The fourth-order valence-corrected chi connectivity index (χ4v) is 3.14. The number of aromatic nitrogens is 6. The smallest absolute Gasteiger partial charge is 0.316 e. The first-order chi connectivity index (χ1) is 11.3. The highest BCUT2D eigenvalue weighted by atomic mass is 32.2. The summed E-state index contributed by atoms with van der Waals surface area (Å²) in [5, 5.41) is 18.0. The number of aromatic amines is 1. The van der Waals surface area contributed by atoms with Crippen LogP contribution in [-0.4, -0.2) is 48.1 Å². The molecule has 4 aromatic rings. The number of ether oxygens (including phenoxy) is 1. The van der Waals surface area contributed by atoms with Gasteiger partial charge in [-0.2, -0.15) is 0 Å². The van der Waals surface area contributed by atoms with Crippen molar-refractivity contribution < 1.29 is 9.53 Å². The Labute approximate surface area is 134 Å². The van der Waals surface area contributed by atoms with E-state index in [2.05, 4.69) is 25.4 Å². The van der Waals surface area contributed by atoms with Gasteiger partial charge in [0.1, 0.15) is 11.2 Å². The maximum absolute atomic E-state index is 11.5. The van der Waals surface area contributed by atoms with Crippen LogP contribution >= 0.6 is 11.8 Å². The van der Waals surface area contributed by atoms with Gasteiger partial charge in [-0.05, 0) is 13.0 Å². The molecule has 1 aromatic carbocycles. The highest BCUT2D eigenvalue weighted by molar-refractivity contribution is 7.99. The maximum Gasteiger partial charge on any atom is 0.316 e. The molecule has 116 valence electrons. The number of nitrogens with one attached hydrogen (secondary N) is 1. The summed E-state index contributed by atoms with van der Waals surface area (Å²) in [6.45, 7) is 2.14. The number of H-pyrrole nitrogens is 1. The van der Waals surface area contributed by atoms with E-state index in [4.69, 9.17) is 4.74 Å². The van der Waals surface area contributed by atoms with Crippen LogP contribution in [0.4, 0.5) is 0 Å². The Morgan fingerprint density at radius 1 is 1.26 bits per heavy atom. The van der Waals surface area contributed by atoms with Gasteiger partial charge in [0.15, 0.2) is 5.16 Å². The van der Waals surface area contributed by atoms with Crippen LogP contribution in [0.5, 0.6) is 0 Å². The Bertz CT molecular complexity index is 1020. The summed E-state index contributed by atoms with van der Waals surface area (Å²) in [7, 11) is 0. The number of thioether (sulfide) groups is 1. The highest BCUT2D eigenvalue weighted by Crippen LogP contribution is 2.26. The first-order valence-corrected chi connectivity index (χ1v) is 8.03. The van der Waals surface area contributed by atoms with Crippen molar-refractivity contribution >= 4 is 45.6 Å². The van der Waals surface area contributed by atoms with Gasteiger partial charge in [0.25, 0.3) is 5.78 Å². The van der Waals surface area contributed by atoms with Gasteiger partial charge in [0.2, 0.25) is 0 Å². The van der Waals surface area contributed by atoms with E-state index in [0.29, 0.717) is 17.5 Å². The second kappa shape index (κ2) is 5.51. The zero-order valence-electron chi connectivity index (χ0n) is 12.2. The molecule has 3 aromatic heterocycles. The van der Waals surface area contributed by atoms with Crippen LogP contribution in [0, 0.1) is 0 Å². The highest BCUT2D eigenvalue weighted by Gasteiger charge is 2.16. The van der Waals surface area contributed by atoms with Gasteiger partial charge in [-0.3, -0.25) is 4.79 Å². The molecule has 0 spiro atoms. The number of esters is 1. The van der Waals surface area contributed by atoms with Crippen LogP contribution in [0.15, 0.2) is 29.4 Å². The summed E-state index contributed by atoms with van der Waals surface area (Å²) in [5.41, 5.74) is 2.46. The lowest BCUT2D eigenvalue weighted by Crippen LogP contribution is -2.07. The molecule has 0 saturated carbocycles. The molecular formula is C14H12N6O2S. The number of rotatable bonds is 4. The van der Waals surface area contributed by atoms with Gasteiger partial charge in [0.05, 0.1) is 12.4 Å². The summed E-state index contributed by atoms with van der Waals surface area (Å²) in [5.74, 6) is 0.262. The third-order valence-electron chi connectivity index (χ3n) is 3.36. The van der Waals surface area contributed by atoms with Crippen LogP contribution in [0.25, 0.3) is 27.8 Å². The summed E-state index contributed by atoms with van der Waals surface area (Å²) >= 11 is 1.26. The van der Waals surface area contributed by atoms with E-state index in [1.54, 1.807) is 11.3 Å². The Morgan fingerprint density at radius 2 is 2.09 bits per heavy atom. The third kappa shape index (κ3) is 2.29. The molecule has 4 rings (SSSR count). The van der Waals surface area contributed by atoms with Crippen molar-refractivity contribution in [3.63, 3.8) is 0 Å². The first kappa shape index (κ1) is 13.9. The molecule has 9 heteroatoms. The number of fused-ring (bicyclic) bond motifs is 5. The molecule has 1 N–H and O–H groups in total. The molecule has 0 unspecified atom stereocenters. The van der Waals surface area contributed by atoms with Gasteiger partial charge in [-0.25, -0.2) is 4.40 Å². The molecule has 0 aliphatic heterocycles. The van der Waals surface area contributed by atoms with Crippen molar-refractivity contribution in [1.82, 2.24) is 29.8 Å². The molecule has 0 atom stereocenters. The number of hydrogen-bond acceptors (Lipinski definition) is 7. The van der Waals surface area contributed by atoms with E-state index in [1.807, 2.05) is 24.3 Å². The molecule has 0 saturated heterocycles. The fraction of sp³-hybridized carbons (Fsp3) is 0.214. The van der Waals surface area contributed by atoms with E-state index in [1.165, 1.54) is 11.8 Å². The van der Waals surface area contributed by atoms with Gasteiger partial charge < -0.3 is 9.72 Å². The minimum absolute atomic E-state index is 0.165. The van der Waals surface area contributed by atoms with Crippen molar-refractivity contribution in [2.75, 3.05) is 12.4 Å². The average Bonchev–Trinajstić information content (AvgIpc) is 3.14. The molecule has 0 aliphatic carbocycles. The Kier molecular flexibility index (Phi) is 3.34. The Balaban J connectivity index is 1.84. The predicted molar refractivity (Wildman–Crippen MR) is 85.3 cm³/mol. The zero-order valence-corrected chi connectivity index (χ0v) is 13.0. The van der Waals surface area contributed by atoms with E-state index in [0.717, 1.165) is 22.1 Å². The maximum atomic E-state index is 11.5. The van der Waals surface area contributed by atoms with Crippen molar-refractivity contribution in [3.8, 4) is 0 Å². The first-order valence-electron chi connectivity index (χ1n) is 7.04. The fourth-order valence-electron chi connectivity index (χ4n) is 2.41. The second-order valence-electron chi connectivity index (χ2n) is 4.78. The number of para-hydroxylation sites is 1. The summed E-state index contributed by atoms with van der Waals surface area (Å²) in [4.78, 5) is 14.9. The molecule has 0 amide bonds. The monoisotopic (exact) mass is 328 g/mol. The van der Waals surface area contributed by atoms with Crippen LogP contribution in [0.2, 0.25) is 0 Å². The molecule has 0 aliphatic rings. The lowest BCUT2D eigenvalue weighted by Gasteiger charge is -2.01. The van der Waals surface area contributed by atoms with E-state index in [-0.39, 0.29) is 11.7 Å². The third-order valence-corrected chi connectivity index (χ3v) is 4.27. The van der Waals surface area contributed by atoms with Gasteiger partial charge in [-0.15, -0.1) is 20.4 Å². The van der Waals surface area contributed by atoms with E-state index in [9.17, 15) is 4.79 Å². The van der Waals surface area contributed by atoms with Crippen molar-refractivity contribution in [1.29, 1.82) is 0 Å². The zero-order chi connectivity index (χ0) is 15.8. The largest absolute Gasteiger partial charge is 0.465 e. The molecule has 0 bridgehead atoms. The van der Waals surface area contributed by atoms with Crippen LogP contribution in [0.1, 0.15) is 6.92 Å². The SMILES string of the molecule is CCOC(=O)CSc1nnc2nnc3c4ccccc4[nH]c3n12. The van der Waals surface area contributed by atoms with Crippen molar-refractivity contribution in [3.05, 3.63) is 24.3 Å². The topological polar surface area (TPSA) is 98.1 Å². The second-order valence-corrected chi connectivity index (χ2v) is 5.72. The molecule has 0 fully saturated rings. The van der Waals surface area contributed by atoms with Gasteiger partial charge >= 0.3 is 5.97 Å². The Morgan fingerprint density at radius 3 is 2.96 bits per heavy atom. The number of hydrogen-bond donors (Lipinski definition) is 1. The molecule has 0 radical (unpaired) electrons. The van der Waals surface area contributed by atoms with Crippen LogP contribution in [0.3, 0.4) is 0 Å². The number of carbonyl (C=O) groups is 1. The molecule has 23 heavy (non-hydrogen) atoms. The minimum atomic E-state index is -0.288. The van der Waals surface area contributed by atoms with Gasteiger partial charge in [0, 0.05) is 10.9 Å². The summed E-state index contributed by atoms with van der Waals surface area (Å²) in [6.07, 6.45) is 0. The summed E-state index contributed by atoms with van der Waals surface area (Å²) < 4.78 is 6.70. The van der Waals surface area contributed by atoms with Gasteiger partial charge in [-0.1, -0.05) is 30.0 Å². The van der Waals surface area contributed by atoms with E-state index < -0.39 is 0 Å². The lowest BCUT2D eigenvalue weighted by atomic mass is 10.2. The number of benzene rings is 1.